The third-order valence-electron chi connectivity index (χ3n) is 3.54. The van der Waals surface area contributed by atoms with E-state index in [1.165, 1.54) is 26.5 Å². The first-order chi connectivity index (χ1) is 8.52. The molecule has 0 radical (unpaired) electrons. The number of esters is 1. The largest absolute Gasteiger partial charge is 0.469 e. The second-order valence-corrected chi connectivity index (χ2v) is 5.13. The summed E-state index contributed by atoms with van der Waals surface area (Å²) in [6.45, 7) is 3.00. The number of hydrogen-bond acceptors (Lipinski definition) is 4. The van der Waals surface area contributed by atoms with Gasteiger partial charge < -0.3 is 14.5 Å². The lowest BCUT2D eigenvalue weighted by molar-refractivity contribution is -0.146. The van der Waals surface area contributed by atoms with Crippen molar-refractivity contribution >= 4 is 11.9 Å². The molecule has 1 fully saturated rings. The number of carbonyl (C=O) groups is 2. The van der Waals surface area contributed by atoms with Crippen molar-refractivity contribution in [1.29, 1.82) is 0 Å². The van der Waals surface area contributed by atoms with Crippen LogP contribution in [0.25, 0.3) is 0 Å². The molecule has 1 aliphatic heterocycles. The number of hydrogen-bond donors (Lipinski definition) is 0. The normalized spacial score (nSPS) is 20.5. The molecule has 0 spiro atoms. The van der Waals surface area contributed by atoms with Crippen molar-refractivity contribution in [3.63, 3.8) is 0 Å². The van der Waals surface area contributed by atoms with E-state index in [4.69, 9.17) is 0 Å². The summed E-state index contributed by atoms with van der Waals surface area (Å²) in [5.41, 5.74) is 0. The van der Waals surface area contributed by atoms with Gasteiger partial charge in [0.25, 0.3) is 0 Å². The molecular weight excluding hydrogens is 232 g/mol. The van der Waals surface area contributed by atoms with Gasteiger partial charge in [-0.3, -0.25) is 9.59 Å². The minimum atomic E-state index is -0.468. The Morgan fingerprint density at radius 1 is 1.44 bits per heavy atom. The first kappa shape index (κ1) is 15.0. The molecule has 1 atom stereocenters. The van der Waals surface area contributed by atoms with Crippen LogP contribution < -0.4 is 0 Å². The third kappa shape index (κ3) is 5.04. The van der Waals surface area contributed by atoms with Crippen LogP contribution in [0.3, 0.4) is 0 Å². The summed E-state index contributed by atoms with van der Waals surface area (Å²) in [7, 11) is 5.18. The molecule has 0 bridgehead atoms. The van der Waals surface area contributed by atoms with Crippen LogP contribution in [0.4, 0.5) is 0 Å². The average molecular weight is 256 g/mol. The summed E-state index contributed by atoms with van der Waals surface area (Å²) in [5.74, 6) is 0.0346. The van der Waals surface area contributed by atoms with Gasteiger partial charge in [-0.05, 0) is 38.8 Å². The number of methoxy groups -OCH3 is 1. The van der Waals surface area contributed by atoms with E-state index in [0.717, 1.165) is 13.0 Å². The molecule has 1 amide bonds. The fourth-order valence-corrected chi connectivity index (χ4v) is 2.34. The van der Waals surface area contributed by atoms with Gasteiger partial charge in [-0.15, -0.1) is 0 Å². The number of piperidine rings is 1. The number of amides is 1. The lowest BCUT2D eigenvalue weighted by atomic mass is 9.95. The monoisotopic (exact) mass is 256 g/mol. The first-order valence-corrected chi connectivity index (χ1v) is 6.52. The predicted octanol–water partition coefficient (Wildman–Crippen LogP) is 0.740. The number of carbonyl (C=O) groups excluding carboxylic acids is 2. The summed E-state index contributed by atoms with van der Waals surface area (Å²) in [6.07, 6.45) is 3.33. The van der Waals surface area contributed by atoms with Crippen molar-refractivity contribution in [2.24, 2.45) is 5.92 Å². The topological polar surface area (TPSA) is 49.9 Å². The molecule has 1 rings (SSSR count). The molecule has 1 heterocycles. The van der Waals surface area contributed by atoms with Gasteiger partial charge in [-0.25, -0.2) is 0 Å². The smallest absolute Gasteiger partial charge is 0.315 e. The maximum Gasteiger partial charge on any atom is 0.315 e. The van der Waals surface area contributed by atoms with E-state index < -0.39 is 5.97 Å². The summed E-state index contributed by atoms with van der Waals surface area (Å²) >= 11 is 0. The first-order valence-electron chi connectivity index (χ1n) is 6.52. The Kier molecular flexibility index (Phi) is 6.12. The number of rotatable bonds is 5. The molecule has 18 heavy (non-hydrogen) atoms. The van der Waals surface area contributed by atoms with Gasteiger partial charge in [0, 0.05) is 20.1 Å². The minimum absolute atomic E-state index is 0.155. The molecule has 0 aromatic carbocycles. The van der Waals surface area contributed by atoms with Gasteiger partial charge in [0.05, 0.1) is 7.11 Å². The van der Waals surface area contributed by atoms with Crippen LogP contribution in [0.5, 0.6) is 0 Å². The Hall–Kier alpha value is -1.10. The fraction of sp³-hybridized carbons (Fsp3) is 0.846. The van der Waals surface area contributed by atoms with Crippen LogP contribution in [0, 0.1) is 5.92 Å². The Labute approximate surface area is 109 Å². The van der Waals surface area contributed by atoms with Crippen molar-refractivity contribution in [1.82, 2.24) is 9.80 Å². The zero-order chi connectivity index (χ0) is 13.5. The highest BCUT2D eigenvalue weighted by molar-refractivity contribution is 5.94. The van der Waals surface area contributed by atoms with Gasteiger partial charge in [0.15, 0.2) is 0 Å². The highest BCUT2D eigenvalue weighted by Gasteiger charge is 2.19. The third-order valence-corrected chi connectivity index (χ3v) is 3.54. The van der Waals surface area contributed by atoms with E-state index in [1.54, 1.807) is 11.9 Å². The van der Waals surface area contributed by atoms with Crippen LogP contribution in [0.15, 0.2) is 0 Å². The van der Waals surface area contributed by atoms with Gasteiger partial charge >= 0.3 is 5.97 Å². The van der Waals surface area contributed by atoms with Crippen LogP contribution in [-0.2, 0) is 14.3 Å². The molecule has 5 nitrogen and oxygen atoms in total. The number of likely N-dealkylation sites (tertiary alicyclic amines) is 1. The maximum absolute atomic E-state index is 11.7. The van der Waals surface area contributed by atoms with E-state index >= 15 is 0 Å². The van der Waals surface area contributed by atoms with Crippen LogP contribution >= 0.6 is 0 Å². The molecule has 104 valence electrons. The average Bonchev–Trinajstić information content (AvgIpc) is 2.35. The standard InChI is InChI=1S/C13H24N2O3/c1-14-7-4-5-11(10-14)6-8-15(2)12(16)9-13(17)18-3/h11H,4-10H2,1-3H3. The summed E-state index contributed by atoms with van der Waals surface area (Å²) in [4.78, 5) is 26.6. The SMILES string of the molecule is COC(=O)CC(=O)N(C)CCC1CCCN(C)C1. The number of nitrogens with zero attached hydrogens (tertiary/aromatic N) is 2. The van der Waals surface area contributed by atoms with E-state index in [9.17, 15) is 9.59 Å². The zero-order valence-electron chi connectivity index (χ0n) is 11.6. The zero-order valence-corrected chi connectivity index (χ0v) is 11.6. The highest BCUT2D eigenvalue weighted by Crippen LogP contribution is 2.18. The molecule has 1 aliphatic rings. The molecular formula is C13H24N2O3. The van der Waals surface area contributed by atoms with Crippen molar-refractivity contribution in [3.8, 4) is 0 Å². The Bertz CT molecular complexity index is 294. The summed E-state index contributed by atoms with van der Waals surface area (Å²) < 4.78 is 4.49. The fourth-order valence-electron chi connectivity index (χ4n) is 2.34. The lowest BCUT2D eigenvalue weighted by Crippen LogP contribution is -2.35. The van der Waals surface area contributed by atoms with Gasteiger partial charge in [-0.2, -0.15) is 0 Å². The summed E-state index contributed by atoms with van der Waals surface area (Å²) in [6, 6.07) is 0. The van der Waals surface area contributed by atoms with E-state index in [1.807, 2.05) is 0 Å². The molecule has 1 saturated heterocycles. The van der Waals surface area contributed by atoms with E-state index in [-0.39, 0.29) is 12.3 Å². The maximum atomic E-state index is 11.7. The molecule has 0 aromatic heterocycles. The molecule has 0 saturated carbocycles. The molecule has 1 unspecified atom stereocenters. The van der Waals surface area contributed by atoms with Gasteiger partial charge in [0.1, 0.15) is 6.42 Å². The molecule has 0 aliphatic carbocycles. The van der Waals surface area contributed by atoms with Crippen LogP contribution in [0.2, 0.25) is 0 Å². The Morgan fingerprint density at radius 3 is 2.78 bits per heavy atom. The Morgan fingerprint density at radius 2 is 2.17 bits per heavy atom. The van der Waals surface area contributed by atoms with Crippen molar-refractivity contribution < 1.29 is 14.3 Å². The summed E-state index contributed by atoms with van der Waals surface area (Å²) in [5, 5.41) is 0. The van der Waals surface area contributed by atoms with Crippen LogP contribution in [-0.4, -0.2) is 62.5 Å². The second-order valence-electron chi connectivity index (χ2n) is 5.13. The van der Waals surface area contributed by atoms with E-state index in [0.29, 0.717) is 12.5 Å². The Balaban J connectivity index is 2.25. The van der Waals surface area contributed by atoms with E-state index in [2.05, 4.69) is 16.7 Å². The molecule has 0 N–H and O–H groups in total. The lowest BCUT2D eigenvalue weighted by Gasteiger charge is -2.30. The molecule has 5 heteroatoms. The number of ether oxygens (including phenoxy) is 1. The van der Waals surface area contributed by atoms with Crippen molar-refractivity contribution in [2.75, 3.05) is 40.8 Å². The second kappa shape index (κ2) is 7.36. The van der Waals surface area contributed by atoms with Crippen molar-refractivity contribution in [3.05, 3.63) is 0 Å². The highest BCUT2D eigenvalue weighted by atomic mass is 16.5. The predicted molar refractivity (Wildman–Crippen MR) is 69.1 cm³/mol. The van der Waals surface area contributed by atoms with Crippen molar-refractivity contribution in [2.45, 2.75) is 25.7 Å². The quantitative estimate of drug-likeness (QED) is 0.538. The minimum Gasteiger partial charge on any atom is -0.469 e. The van der Waals surface area contributed by atoms with Gasteiger partial charge in [-0.1, -0.05) is 0 Å². The van der Waals surface area contributed by atoms with Crippen LogP contribution in [0.1, 0.15) is 25.7 Å². The van der Waals surface area contributed by atoms with Gasteiger partial charge in [0.2, 0.25) is 5.91 Å². The molecule has 0 aromatic rings.